The molecule has 1 unspecified atom stereocenters. The third-order valence-corrected chi connectivity index (χ3v) is 7.49. The maximum atomic E-state index is 11.6. The first-order valence-corrected chi connectivity index (χ1v) is 11.8. The molecule has 7 heteroatoms. The molecule has 1 heterocycles. The summed E-state index contributed by atoms with van der Waals surface area (Å²) in [5, 5.41) is 6.50. The second-order valence-corrected chi connectivity index (χ2v) is 9.97. The Bertz CT molecular complexity index is 740. The molecule has 2 aliphatic rings. The van der Waals surface area contributed by atoms with Gasteiger partial charge in [-0.05, 0) is 37.0 Å². The Morgan fingerprint density at radius 3 is 2.44 bits per heavy atom. The number of guanidine groups is 1. The van der Waals surface area contributed by atoms with Crippen LogP contribution in [0.25, 0.3) is 0 Å². The van der Waals surface area contributed by atoms with Crippen molar-refractivity contribution in [1.82, 2.24) is 10.6 Å². The molecule has 0 aromatic heterocycles. The van der Waals surface area contributed by atoms with Gasteiger partial charge in [-0.15, -0.1) is 0 Å². The molecular weight excluding hydrogens is 360 g/mol. The molecule has 27 heavy (non-hydrogen) atoms. The van der Waals surface area contributed by atoms with Crippen LogP contribution in [0.4, 0.5) is 5.69 Å². The number of hydrogen-bond acceptors (Lipinski definition) is 4. The number of aliphatic imine (C=N–C) groups is 1. The minimum Gasteiger partial charge on any atom is -0.372 e. The van der Waals surface area contributed by atoms with E-state index in [-0.39, 0.29) is 17.5 Å². The van der Waals surface area contributed by atoms with Gasteiger partial charge in [-0.2, -0.15) is 0 Å². The normalized spacial score (nSPS) is 23.2. The number of nitrogens with zero attached hydrogens (tertiary/aromatic N) is 2. The molecule has 2 N–H and O–H groups in total. The van der Waals surface area contributed by atoms with E-state index in [2.05, 4.69) is 51.8 Å². The molecule has 0 radical (unpaired) electrons. The van der Waals surface area contributed by atoms with Crippen molar-refractivity contribution in [1.29, 1.82) is 0 Å². The van der Waals surface area contributed by atoms with Crippen LogP contribution in [-0.2, 0) is 16.4 Å². The number of rotatable bonds is 5. The van der Waals surface area contributed by atoms with Crippen LogP contribution < -0.4 is 15.5 Å². The van der Waals surface area contributed by atoms with E-state index in [9.17, 15) is 8.42 Å². The molecular formula is C20H32N4O2S. The summed E-state index contributed by atoms with van der Waals surface area (Å²) in [5.41, 5.74) is 2.45. The van der Waals surface area contributed by atoms with Crippen LogP contribution in [0.5, 0.6) is 0 Å². The first kappa shape index (κ1) is 20.0. The summed E-state index contributed by atoms with van der Waals surface area (Å²) < 4.78 is 23.2. The van der Waals surface area contributed by atoms with E-state index < -0.39 is 9.84 Å². The Morgan fingerprint density at radius 2 is 1.85 bits per heavy atom. The van der Waals surface area contributed by atoms with E-state index in [4.69, 9.17) is 0 Å². The summed E-state index contributed by atoms with van der Waals surface area (Å²) in [6.45, 7) is 0.659. The smallest absolute Gasteiger partial charge is 0.191 e. The highest BCUT2D eigenvalue weighted by Crippen LogP contribution is 2.26. The van der Waals surface area contributed by atoms with Crippen molar-refractivity contribution in [3.63, 3.8) is 0 Å². The van der Waals surface area contributed by atoms with Crippen molar-refractivity contribution in [3.05, 3.63) is 29.8 Å². The lowest BCUT2D eigenvalue weighted by atomic mass is 9.94. The van der Waals surface area contributed by atoms with Crippen LogP contribution in [0.15, 0.2) is 29.3 Å². The van der Waals surface area contributed by atoms with Gasteiger partial charge in [0.15, 0.2) is 15.8 Å². The Morgan fingerprint density at radius 1 is 1.15 bits per heavy atom. The molecule has 0 spiro atoms. The van der Waals surface area contributed by atoms with Crippen molar-refractivity contribution in [2.24, 2.45) is 4.99 Å². The molecule has 1 aromatic rings. The lowest BCUT2D eigenvalue weighted by Gasteiger charge is -2.33. The van der Waals surface area contributed by atoms with Gasteiger partial charge in [0.2, 0.25) is 0 Å². The van der Waals surface area contributed by atoms with Gasteiger partial charge in [-0.3, -0.25) is 4.99 Å². The first-order chi connectivity index (χ1) is 13.0. The maximum Gasteiger partial charge on any atom is 0.191 e. The van der Waals surface area contributed by atoms with Crippen LogP contribution in [-0.4, -0.2) is 52.1 Å². The zero-order valence-corrected chi connectivity index (χ0v) is 17.3. The lowest BCUT2D eigenvalue weighted by molar-refractivity contribution is 0.427. The van der Waals surface area contributed by atoms with E-state index in [1.54, 1.807) is 7.05 Å². The molecule has 1 aliphatic carbocycles. The van der Waals surface area contributed by atoms with Crippen LogP contribution in [0, 0.1) is 0 Å². The maximum absolute atomic E-state index is 11.6. The predicted molar refractivity (Wildman–Crippen MR) is 112 cm³/mol. The molecule has 0 amide bonds. The third kappa shape index (κ3) is 5.61. The molecule has 1 saturated heterocycles. The second kappa shape index (κ2) is 8.95. The van der Waals surface area contributed by atoms with Gasteiger partial charge in [-0.25, -0.2) is 8.42 Å². The van der Waals surface area contributed by atoms with E-state index >= 15 is 0 Å². The second-order valence-electron chi connectivity index (χ2n) is 7.74. The SMILES string of the molecule is CN=C(NCc1ccc(N(C)C2CCCCC2)cc1)NC1CCS(=O)(=O)C1. The monoisotopic (exact) mass is 392 g/mol. The average Bonchev–Trinajstić information content (AvgIpc) is 3.04. The molecule has 1 saturated carbocycles. The Labute approximate surface area is 163 Å². The quantitative estimate of drug-likeness (QED) is 0.594. The molecule has 1 aromatic carbocycles. The standard InChI is InChI=1S/C20H32N4O2S/c1-21-20(23-17-12-13-27(25,26)15-17)22-14-16-8-10-19(11-9-16)24(2)18-6-4-3-5-7-18/h8-11,17-18H,3-7,12-15H2,1-2H3,(H2,21,22,23). The highest BCUT2D eigenvalue weighted by Gasteiger charge is 2.28. The molecule has 0 bridgehead atoms. The highest BCUT2D eigenvalue weighted by molar-refractivity contribution is 7.91. The fourth-order valence-electron chi connectivity index (χ4n) is 4.01. The van der Waals surface area contributed by atoms with Gasteiger partial charge < -0.3 is 15.5 Å². The topological polar surface area (TPSA) is 73.8 Å². The number of hydrogen-bond donors (Lipinski definition) is 2. The summed E-state index contributed by atoms with van der Waals surface area (Å²) in [4.78, 5) is 6.63. The minimum absolute atomic E-state index is 0.0484. The molecule has 1 atom stereocenters. The molecule has 1 aliphatic heterocycles. The Hall–Kier alpha value is -1.76. The van der Waals surface area contributed by atoms with Gasteiger partial charge in [0, 0.05) is 38.4 Å². The van der Waals surface area contributed by atoms with Gasteiger partial charge in [0.25, 0.3) is 0 Å². The Kier molecular flexibility index (Phi) is 6.63. The van der Waals surface area contributed by atoms with Crippen molar-refractivity contribution >= 4 is 21.5 Å². The zero-order valence-electron chi connectivity index (χ0n) is 16.4. The van der Waals surface area contributed by atoms with Crippen LogP contribution in [0.3, 0.4) is 0 Å². The number of nitrogens with one attached hydrogen (secondary N) is 2. The largest absolute Gasteiger partial charge is 0.372 e. The van der Waals surface area contributed by atoms with E-state index in [0.29, 0.717) is 25.0 Å². The van der Waals surface area contributed by atoms with Crippen molar-refractivity contribution in [2.45, 2.75) is 57.2 Å². The summed E-state index contributed by atoms with van der Waals surface area (Å²) >= 11 is 0. The van der Waals surface area contributed by atoms with Crippen LogP contribution in [0.1, 0.15) is 44.1 Å². The van der Waals surface area contributed by atoms with Crippen LogP contribution in [0.2, 0.25) is 0 Å². The van der Waals surface area contributed by atoms with Gasteiger partial charge in [0.1, 0.15) is 0 Å². The fraction of sp³-hybridized carbons (Fsp3) is 0.650. The zero-order chi connectivity index (χ0) is 19.3. The highest BCUT2D eigenvalue weighted by atomic mass is 32.2. The van der Waals surface area contributed by atoms with E-state index in [1.807, 2.05) is 0 Å². The molecule has 6 nitrogen and oxygen atoms in total. The van der Waals surface area contributed by atoms with Gasteiger partial charge >= 0.3 is 0 Å². The van der Waals surface area contributed by atoms with Crippen LogP contribution >= 0.6 is 0 Å². The summed E-state index contributed by atoms with van der Waals surface area (Å²) in [6.07, 6.45) is 7.27. The summed E-state index contributed by atoms with van der Waals surface area (Å²) in [5.74, 6) is 1.11. The minimum atomic E-state index is -2.89. The number of benzene rings is 1. The molecule has 2 fully saturated rings. The Balaban J connectivity index is 1.50. The third-order valence-electron chi connectivity index (χ3n) is 5.72. The summed E-state index contributed by atoms with van der Waals surface area (Å²) in [6, 6.07) is 9.28. The van der Waals surface area contributed by atoms with Crippen molar-refractivity contribution in [2.75, 3.05) is 30.5 Å². The van der Waals surface area contributed by atoms with Crippen molar-refractivity contribution in [3.8, 4) is 0 Å². The fourth-order valence-corrected chi connectivity index (χ4v) is 5.68. The van der Waals surface area contributed by atoms with Crippen molar-refractivity contribution < 1.29 is 8.42 Å². The lowest BCUT2D eigenvalue weighted by Crippen LogP contribution is -2.43. The molecule has 3 rings (SSSR count). The van der Waals surface area contributed by atoms with Gasteiger partial charge in [0.05, 0.1) is 11.5 Å². The number of anilines is 1. The van der Waals surface area contributed by atoms with Gasteiger partial charge in [-0.1, -0.05) is 31.4 Å². The molecule has 150 valence electrons. The number of sulfone groups is 1. The average molecular weight is 393 g/mol. The first-order valence-electron chi connectivity index (χ1n) is 9.96. The van der Waals surface area contributed by atoms with E-state index in [0.717, 1.165) is 0 Å². The van der Waals surface area contributed by atoms with E-state index in [1.165, 1.54) is 43.4 Å². The summed E-state index contributed by atoms with van der Waals surface area (Å²) in [7, 11) is 1.02. The predicted octanol–water partition coefficient (Wildman–Crippen LogP) is 2.31.